The number of benzene rings is 3. The number of aryl methyl sites for hydroxylation is 1. The van der Waals surface area contributed by atoms with Crippen LogP contribution in [-0.4, -0.2) is 34.7 Å². The number of carbonyl (C=O) groups is 4. The van der Waals surface area contributed by atoms with Crippen molar-refractivity contribution in [2.75, 3.05) is 10.2 Å². The van der Waals surface area contributed by atoms with Gasteiger partial charge in [0.25, 0.3) is 0 Å². The molecule has 0 bridgehead atoms. The van der Waals surface area contributed by atoms with Gasteiger partial charge in [0.15, 0.2) is 0 Å². The number of hydrogen-bond acceptors (Lipinski definition) is 6. The number of H-pyrrole nitrogens is 1. The fraction of sp³-hybridized carbons (Fsp3) is 0.226. The van der Waals surface area contributed by atoms with E-state index < -0.39 is 35.3 Å². The molecule has 200 valence electrons. The van der Waals surface area contributed by atoms with Gasteiger partial charge < -0.3 is 15.0 Å². The van der Waals surface area contributed by atoms with Gasteiger partial charge in [-0.25, -0.2) is 4.90 Å². The van der Waals surface area contributed by atoms with E-state index in [-0.39, 0.29) is 11.8 Å². The molecule has 0 aliphatic carbocycles. The topological polar surface area (TPSA) is 121 Å². The number of fused-ring (bicyclic) bond motifs is 5. The average molecular weight is 535 g/mol. The van der Waals surface area contributed by atoms with E-state index in [9.17, 15) is 19.2 Å². The Kier molecular flexibility index (Phi) is 5.24. The van der Waals surface area contributed by atoms with Crippen LogP contribution in [0.2, 0.25) is 0 Å². The van der Waals surface area contributed by atoms with Gasteiger partial charge >= 0.3 is 5.97 Å². The van der Waals surface area contributed by atoms with Gasteiger partial charge in [-0.05, 0) is 54.8 Å². The third-order valence-electron chi connectivity index (χ3n) is 8.43. The fourth-order valence-electron chi connectivity index (χ4n) is 6.77. The first-order chi connectivity index (χ1) is 19.3. The minimum absolute atomic E-state index is 0.311. The summed E-state index contributed by atoms with van der Waals surface area (Å²) in [6, 6.07) is 19.3. The molecular weight excluding hydrogens is 508 g/mol. The van der Waals surface area contributed by atoms with Gasteiger partial charge in [-0.1, -0.05) is 36.4 Å². The van der Waals surface area contributed by atoms with Crippen LogP contribution in [0, 0.1) is 18.8 Å². The van der Waals surface area contributed by atoms with Crippen molar-refractivity contribution in [2.45, 2.75) is 31.8 Å². The monoisotopic (exact) mass is 534 g/mol. The molecule has 1 spiro atoms. The summed E-state index contributed by atoms with van der Waals surface area (Å²) in [5.74, 6) is -3.00. The lowest BCUT2D eigenvalue weighted by Crippen LogP contribution is -2.53. The average Bonchev–Trinajstić information content (AvgIpc) is 3.64. The summed E-state index contributed by atoms with van der Waals surface area (Å²) in [7, 11) is 0. The highest BCUT2D eigenvalue weighted by atomic mass is 16.5. The zero-order valence-corrected chi connectivity index (χ0v) is 21.9. The van der Waals surface area contributed by atoms with Crippen molar-refractivity contribution in [1.29, 1.82) is 0 Å². The Morgan fingerprint density at radius 1 is 0.975 bits per heavy atom. The minimum atomic E-state index is -1.39. The molecule has 4 atom stereocenters. The molecule has 9 nitrogen and oxygen atoms in total. The molecule has 4 heterocycles. The van der Waals surface area contributed by atoms with Gasteiger partial charge in [0, 0.05) is 41.3 Å². The summed E-state index contributed by atoms with van der Waals surface area (Å²) in [6.45, 7) is 3.21. The maximum Gasteiger partial charge on any atom is 0.308 e. The normalized spacial score (nSPS) is 25.0. The molecule has 3 aliphatic rings. The molecule has 3 amide bonds. The standard InChI is InChI=1S/C31H26N4O5/c1-16-6-5-8-22-27(16)33-30(39)31(22)26-25(24(34-31)14-18-15-32-23-9-4-3-7-21(18)23)28(37)35(29(26)38)19-10-12-20(13-11-19)40-17(2)36/h3-13,15,24-26,32,34H,14H2,1-2H3,(H,33,39)/t24-,25+,26+,31-/m0/s1. The summed E-state index contributed by atoms with van der Waals surface area (Å²) in [5, 5.41) is 7.55. The van der Waals surface area contributed by atoms with Gasteiger partial charge in [-0.2, -0.15) is 0 Å². The first-order valence-electron chi connectivity index (χ1n) is 13.2. The number of hydrogen-bond donors (Lipinski definition) is 3. The smallest absolute Gasteiger partial charge is 0.308 e. The van der Waals surface area contributed by atoms with E-state index in [0.717, 1.165) is 22.0 Å². The number of para-hydroxylation sites is 2. The minimum Gasteiger partial charge on any atom is -0.427 e. The number of nitrogens with one attached hydrogen (secondary N) is 3. The van der Waals surface area contributed by atoms with Crippen molar-refractivity contribution in [1.82, 2.24) is 10.3 Å². The highest BCUT2D eigenvalue weighted by Crippen LogP contribution is 2.54. The third-order valence-corrected chi connectivity index (χ3v) is 8.43. The third kappa shape index (κ3) is 3.31. The Morgan fingerprint density at radius 2 is 1.75 bits per heavy atom. The highest BCUT2D eigenvalue weighted by Gasteiger charge is 2.70. The molecule has 0 saturated carbocycles. The Labute approximate surface area is 229 Å². The number of rotatable bonds is 4. The lowest BCUT2D eigenvalue weighted by atomic mass is 9.76. The maximum absolute atomic E-state index is 14.2. The quantitative estimate of drug-likeness (QED) is 0.209. The van der Waals surface area contributed by atoms with E-state index >= 15 is 0 Å². The molecule has 9 heteroatoms. The van der Waals surface area contributed by atoms with Crippen LogP contribution in [0.1, 0.15) is 23.6 Å². The van der Waals surface area contributed by atoms with Crippen molar-refractivity contribution < 1.29 is 23.9 Å². The molecular formula is C31H26N4O5. The molecule has 3 N–H and O–H groups in total. The largest absolute Gasteiger partial charge is 0.427 e. The lowest BCUT2D eigenvalue weighted by Gasteiger charge is -2.29. The van der Waals surface area contributed by atoms with Gasteiger partial charge in [0.2, 0.25) is 17.7 Å². The maximum atomic E-state index is 14.2. The molecule has 3 aliphatic heterocycles. The second kappa shape index (κ2) is 8.62. The second-order valence-electron chi connectivity index (χ2n) is 10.7. The first-order valence-corrected chi connectivity index (χ1v) is 13.2. The molecule has 0 radical (unpaired) electrons. The molecule has 3 aromatic carbocycles. The lowest BCUT2D eigenvalue weighted by molar-refractivity contribution is -0.132. The number of carbonyl (C=O) groups excluding carboxylic acids is 4. The number of esters is 1. The molecule has 2 fully saturated rings. The predicted octanol–water partition coefficient (Wildman–Crippen LogP) is 3.57. The predicted molar refractivity (Wildman–Crippen MR) is 148 cm³/mol. The van der Waals surface area contributed by atoms with E-state index in [0.29, 0.717) is 29.1 Å². The second-order valence-corrected chi connectivity index (χ2v) is 10.7. The van der Waals surface area contributed by atoms with Crippen LogP contribution in [-0.2, 0) is 31.1 Å². The van der Waals surface area contributed by atoms with Crippen molar-refractivity contribution >= 4 is 46.0 Å². The zero-order valence-electron chi connectivity index (χ0n) is 21.9. The summed E-state index contributed by atoms with van der Waals surface area (Å²) >= 11 is 0. The van der Waals surface area contributed by atoms with Gasteiger partial charge in [-0.15, -0.1) is 0 Å². The van der Waals surface area contributed by atoms with Crippen molar-refractivity contribution in [3.05, 3.63) is 89.6 Å². The summed E-state index contributed by atoms with van der Waals surface area (Å²) in [4.78, 5) is 58.0. The summed E-state index contributed by atoms with van der Waals surface area (Å²) < 4.78 is 5.12. The molecule has 40 heavy (non-hydrogen) atoms. The fourth-order valence-corrected chi connectivity index (χ4v) is 6.77. The van der Waals surface area contributed by atoms with Gasteiger partial charge in [-0.3, -0.25) is 24.5 Å². The summed E-state index contributed by atoms with van der Waals surface area (Å²) in [6.07, 6.45) is 2.37. The number of ether oxygens (including phenoxy) is 1. The molecule has 1 aromatic heterocycles. The molecule has 2 saturated heterocycles. The first kappa shape index (κ1) is 24.3. The van der Waals surface area contributed by atoms with Crippen molar-refractivity contribution in [3.8, 4) is 5.75 Å². The zero-order chi connectivity index (χ0) is 27.8. The van der Waals surface area contributed by atoms with Crippen LogP contribution in [0.5, 0.6) is 5.75 Å². The van der Waals surface area contributed by atoms with Crippen molar-refractivity contribution in [2.24, 2.45) is 11.8 Å². The van der Waals surface area contributed by atoms with Crippen LogP contribution in [0.15, 0.2) is 72.9 Å². The Bertz CT molecular complexity index is 1740. The van der Waals surface area contributed by atoms with Crippen LogP contribution < -0.4 is 20.3 Å². The van der Waals surface area contributed by atoms with Crippen molar-refractivity contribution in [3.63, 3.8) is 0 Å². The number of nitrogens with zero attached hydrogens (tertiary/aromatic N) is 1. The van der Waals surface area contributed by atoms with E-state index in [4.69, 9.17) is 4.74 Å². The van der Waals surface area contributed by atoms with E-state index in [1.54, 1.807) is 24.3 Å². The van der Waals surface area contributed by atoms with Crippen LogP contribution in [0.4, 0.5) is 11.4 Å². The SMILES string of the molecule is CC(=O)Oc1ccc(N2C(=O)[C@@H]3[C@H](Cc4c[nH]c5ccccc45)N[C@]4(C(=O)Nc5c(C)cccc54)[C@H]3C2=O)cc1. The number of aromatic nitrogens is 1. The summed E-state index contributed by atoms with van der Waals surface area (Å²) in [5.41, 5.74) is 3.20. The number of aromatic amines is 1. The van der Waals surface area contributed by atoms with Gasteiger partial charge in [0.05, 0.1) is 17.5 Å². The highest BCUT2D eigenvalue weighted by molar-refractivity contribution is 6.26. The number of anilines is 2. The number of imide groups is 1. The van der Waals surface area contributed by atoms with Crippen LogP contribution in [0.25, 0.3) is 10.9 Å². The number of amides is 3. The molecule has 7 rings (SSSR count). The Hall–Kier alpha value is -4.76. The van der Waals surface area contributed by atoms with Gasteiger partial charge in [0.1, 0.15) is 11.3 Å². The van der Waals surface area contributed by atoms with E-state index in [1.807, 2.05) is 55.6 Å². The Morgan fingerprint density at radius 3 is 2.52 bits per heavy atom. The van der Waals surface area contributed by atoms with E-state index in [2.05, 4.69) is 15.6 Å². The van der Waals surface area contributed by atoms with Crippen LogP contribution in [0.3, 0.4) is 0 Å². The van der Waals surface area contributed by atoms with E-state index in [1.165, 1.54) is 11.8 Å². The molecule has 0 unspecified atom stereocenters. The Balaban J connectivity index is 1.34. The van der Waals surface area contributed by atoms with Crippen LogP contribution >= 0.6 is 0 Å². The molecule has 4 aromatic rings.